The minimum atomic E-state index is -0.761. The molecule has 0 saturated heterocycles. The molecule has 0 atom stereocenters. The molecule has 0 radical (unpaired) electrons. The van der Waals surface area contributed by atoms with E-state index in [1.54, 1.807) is 12.5 Å². The Balaban J connectivity index is 1.53. The van der Waals surface area contributed by atoms with Crippen LogP contribution in [0.25, 0.3) is 5.69 Å². The van der Waals surface area contributed by atoms with E-state index in [1.165, 1.54) is 12.8 Å². The van der Waals surface area contributed by atoms with Gasteiger partial charge >= 0.3 is 6.03 Å². The highest BCUT2D eigenvalue weighted by atomic mass is 16.3. The maximum atomic E-state index is 12.1. The van der Waals surface area contributed by atoms with Crippen LogP contribution in [0.2, 0.25) is 0 Å². The van der Waals surface area contributed by atoms with Crippen LogP contribution in [0.5, 0.6) is 0 Å². The van der Waals surface area contributed by atoms with Gasteiger partial charge in [0.15, 0.2) is 0 Å². The zero-order chi connectivity index (χ0) is 17.5. The van der Waals surface area contributed by atoms with E-state index in [1.807, 2.05) is 35.0 Å². The summed E-state index contributed by atoms with van der Waals surface area (Å²) >= 11 is 0. The molecule has 3 N–H and O–H groups in total. The maximum absolute atomic E-state index is 12.1. The van der Waals surface area contributed by atoms with Crippen LogP contribution in [-0.2, 0) is 6.54 Å². The summed E-state index contributed by atoms with van der Waals surface area (Å²) in [4.78, 5) is 16.2. The first kappa shape index (κ1) is 17.5. The number of imidazole rings is 1. The fourth-order valence-electron chi connectivity index (χ4n) is 3.36. The number of hydrogen-bond donors (Lipinski definition) is 3. The Morgan fingerprint density at radius 1 is 1.16 bits per heavy atom. The first-order valence-corrected chi connectivity index (χ1v) is 8.97. The molecule has 6 nitrogen and oxygen atoms in total. The van der Waals surface area contributed by atoms with Crippen molar-refractivity contribution < 1.29 is 9.90 Å². The lowest BCUT2D eigenvalue weighted by Gasteiger charge is -2.26. The highest BCUT2D eigenvalue weighted by Crippen LogP contribution is 2.26. The van der Waals surface area contributed by atoms with Crippen molar-refractivity contribution in [1.29, 1.82) is 0 Å². The Morgan fingerprint density at radius 3 is 2.64 bits per heavy atom. The van der Waals surface area contributed by atoms with Gasteiger partial charge in [-0.2, -0.15) is 0 Å². The molecule has 2 aromatic rings. The van der Waals surface area contributed by atoms with Crippen molar-refractivity contribution in [2.24, 2.45) is 0 Å². The van der Waals surface area contributed by atoms with Crippen LogP contribution in [0.15, 0.2) is 43.0 Å². The summed E-state index contributed by atoms with van der Waals surface area (Å²) < 4.78 is 1.92. The summed E-state index contributed by atoms with van der Waals surface area (Å²) in [6.45, 7) is 0.723. The molecule has 1 fully saturated rings. The number of carbonyl (C=O) groups is 1. The number of nitrogens with one attached hydrogen (secondary N) is 2. The van der Waals surface area contributed by atoms with Crippen LogP contribution in [0, 0.1) is 0 Å². The normalized spacial score (nSPS) is 16.8. The van der Waals surface area contributed by atoms with Gasteiger partial charge in [0.2, 0.25) is 0 Å². The van der Waals surface area contributed by atoms with E-state index < -0.39 is 5.60 Å². The predicted octanol–water partition coefficient (Wildman–Crippen LogP) is 2.76. The van der Waals surface area contributed by atoms with E-state index in [4.69, 9.17) is 0 Å². The number of rotatable bonds is 5. The van der Waals surface area contributed by atoms with Gasteiger partial charge in [0.1, 0.15) is 0 Å². The second-order valence-corrected chi connectivity index (χ2v) is 6.77. The summed E-state index contributed by atoms with van der Waals surface area (Å²) in [5.41, 5.74) is 1.23. The number of aliphatic hydroxyl groups is 1. The van der Waals surface area contributed by atoms with E-state index in [0.29, 0.717) is 13.1 Å². The third-order valence-corrected chi connectivity index (χ3v) is 4.83. The molecule has 0 spiro atoms. The van der Waals surface area contributed by atoms with Gasteiger partial charge in [-0.25, -0.2) is 9.78 Å². The van der Waals surface area contributed by atoms with E-state index in [0.717, 1.165) is 36.9 Å². The molecule has 0 unspecified atom stereocenters. The van der Waals surface area contributed by atoms with Crippen LogP contribution in [-0.4, -0.2) is 32.8 Å². The predicted molar refractivity (Wildman–Crippen MR) is 96.5 cm³/mol. The molecule has 1 aliphatic rings. The maximum Gasteiger partial charge on any atom is 0.315 e. The zero-order valence-electron chi connectivity index (χ0n) is 14.4. The summed E-state index contributed by atoms with van der Waals surface area (Å²) in [5, 5.41) is 16.3. The van der Waals surface area contributed by atoms with Gasteiger partial charge in [-0.05, 0) is 24.5 Å². The van der Waals surface area contributed by atoms with Crippen molar-refractivity contribution in [2.75, 3.05) is 6.54 Å². The van der Waals surface area contributed by atoms with Crippen LogP contribution < -0.4 is 10.6 Å². The molecule has 0 bridgehead atoms. The molecule has 1 saturated carbocycles. The SMILES string of the molecule is O=C(NCc1ccccc1-n1ccnc1)NCC1(O)CCCCCC1. The minimum Gasteiger partial charge on any atom is -0.388 e. The van der Waals surface area contributed by atoms with Crippen LogP contribution in [0.4, 0.5) is 4.79 Å². The zero-order valence-corrected chi connectivity index (χ0v) is 14.4. The van der Waals surface area contributed by atoms with Gasteiger partial charge in [0.25, 0.3) is 0 Å². The molecule has 2 amide bonds. The van der Waals surface area contributed by atoms with Gasteiger partial charge in [-0.3, -0.25) is 0 Å². The van der Waals surface area contributed by atoms with Crippen LogP contribution in [0.1, 0.15) is 44.1 Å². The lowest BCUT2D eigenvalue weighted by Crippen LogP contribution is -2.46. The third-order valence-electron chi connectivity index (χ3n) is 4.83. The number of amides is 2. The lowest BCUT2D eigenvalue weighted by molar-refractivity contribution is 0.0276. The Bertz CT molecular complexity index is 676. The number of carbonyl (C=O) groups excluding carboxylic acids is 1. The second-order valence-electron chi connectivity index (χ2n) is 6.77. The van der Waals surface area contributed by atoms with Crippen molar-refractivity contribution in [3.8, 4) is 5.69 Å². The van der Waals surface area contributed by atoms with Gasteiger partial charge in [0.05, 0.1) is 17.6 Å². The highest BCUT2D eigenvalue weighted by molar-refractivity contribution is 5.74. The van der Waals surface area contributed by atoms with Crippen molar-refractivity contribution in [1.82, 2.24) is 20.2 Å². The fraction of sp³-hybridized carbons (Fsp3) is 0.474. The van der Waals surface area contributed by atoms with Gasteiger partial charge in [-0.1, -0.05) is 43.9 Å². The molecule has 3 rings (SSSR count). The molecule has 6 heteroatoms. The van der Waals surface area contributed by atoms with Crippen molar-refractivity contribution in [3.63, 3.8) is 0 Å². The van der Waals surface area contributed by atoms with Gasteiger partial charge in [0, 0.05) is 25.5 Å². The van der Waals surface area contributed by atoms with E-state index in [2.05, 4.69) is 15.6 Å². The molecule has 1 heterocycles. The topological polar surface area (TPSA) is 79.2 Å². The van der Waals surface area contributed by atoms with Crippen molar-refractivity contribution in [3.05, 3.63) is 48.5 Å². The summed E-state index contributed by atoms with van der Waals surface area (Å²) in [5.74, 6) is 0. The average molecular weight is 342 g/mol. The quantitative estimate of drug-likeness (QED) is 0.731. The average Bonchev–Trinajstić information content (AvgIpc) is 3.07. The molecule has 25 heavy (non-hydrogen) atoms. The summed E-state index contributed by atoms with van der Waals surface area (Å²) in [6, 6.07) is 7.63. The number of aromatic nitrogens is 2. The Morgan fingerprint density at radius 2 is 1.92 bits per heavy atom. The number of nitrogens with zero attached hydrogens (tertiary/aromatic N) is 2. The molecule has 1 aliphatic carbocycles. The van der Waals surface area contributed by atoms with Crippen LogP contribution >= 0.6 is 0 Å². The molecule has 0 aliphatic heterocycles. The molecular formula is C19H26N4O2. The Labute approximate surface area is 148 Å². The highest BCUT2D eigenvalue weighted by Gasteiger charge is 2.28. The second kappa shape index (κ2) is 8.16. The van der Waals surface area contributed by atoms with Gasteiger partial charge in [-0.15, -0.1) is 0 Å². The van der Waals surface area contributed by atoms with E-state index in [9.17, 15) is 9.90 Å². The van der Waals surface area contributed by atoms with E-state index in [-0.39, 0.29) is 6.03 Å². The van der Waals surface area contributed by atoms with E-state index >= 15 is 0 Å². The number of para-hydroxylation sites is 1. The first-order valence-electron chi connectivity index (χ1n) is 8.97. The Hall–Kier alpha value is -2.34. The number of hydrogen-bond acceptors (Lipinski definition) is 3. The first-order chi connectivity index (χ1) is 12.2. The standard InChI is InChI=1S/C19H26N4O2/c24-18(22-14-19(25)9-5-1-2-6-10-19)21-13-16-7-3-4-8-17(16)23-12-11-20-15-23/h3-4,7-8,11-12,15,25H,1-2,5-6,9-10,13-14H2,(H2,21,22,24). The molecular weight excluding hydrogens is 316 g/mol. The lowest BCUT2D eigenvalue weighted by atomic mass is 9.95. The van der Waals surface area contributed by atoms with Crippen molar-refractivity contribution >= 4 is 6.03 Å². The van der Waals surface area contributed by atoms with Crippen LogP contribution in [0.3, 0.4) is 0 Å². The smallest absolute Gasteiger partial charge is 0.315 e. The Kier molecular flexibility index (Phi) is 5.71. The molecule has 134 valence electrons. The summed E-state index contributed by atoms with van der Waals surface area (Å²) in [7, 11) is 0. The summed E-state index contributed by atoms with van der Waals surface area (Å²) in [6.07, 6.45) is 11.2. The van der Waals surface area contributed by atoms with Gasteiger partial charge < -0.3 is 20.3 Å². The monoisotopic (exact) mass is 342 g/mol. The molecule has 1 aromatic heterocycles. The fourth-order valence-corrected chi connectivity index (χ4v) is 3.36. The molecule has 1 aromatic carbocycles. The number of urea groups is 1. The third kappa shape index (κ3) is 4.82. The number of benzene rings is 1. The largest absolute Gasteiger partial charge is 0.388 e. The minimum absolute atomic E-state index is 0.252. The van der Waals surface area contributed by atoms with Crippen molar-refractivity contribution in [2.45, 2.75) is 50.7 Å².